The molecule has 1 aromatic rings. The molecule has 0 aromatic heterocycles. The third kappa shape index (κ3) is 6.29. The molecule has 116 valence electrons. The van der Waals surface area contributed by atoms with E-state index >= 15 is 0 Å². The molecular weight excluding hydrogens is 268 g/mol. The number of benzene rings is 1. The summed E-state index contributed by atoms with van der Waals surface area (Å²) in [4.78, 5) is 25.4. The molecule has 0 aliphatic carbocycles. The summed E-state index contributed by atoms with van der Waals surface area (Å²) in [5.74, 6) is -0.147. The summed E-state index contributed by atoms with van der Waals surface area (Å²) < 4.78 is 5.06. The molecule has 2 amide bonds. The first-order valence-electron chi connectivity index (χ1n) is 7.23. The van der Waals surface area contributed by atoms with Gasteiger partial charge >= 0.3 is 6.09 Å². The summed E-state index contributed by atoms with van der Waals surface area (Å²) in [5, 5.41) is 2.65. The highest BCUT2D eigenvalue weighted by Gasteiger charge is 2.23. The smallest absolute Gasteiger partial charge is 0.407 e. The molecule has 0 heterocycles. The van der Waals surface area contributed by atoms with Crippen LogP contribution in [0.4, 0.5) is 4.79 Å². The fourth-order valence-electron chi connectivity index (χ4n) is 1.85. The van der Waals surface area contributed by atoms with Gasteiger partial charge in [0.15, 0.2) is 0 Å². The third-order valence-electron chi connectivity index (χ3n) is 3.04. The number of ether oxygens (including phenoxy) is 1. The summed E-state index contributed by atoms with van der Waals surface area (Å²) in [5.41, 5.74) is 0.992. The predicted octanol–water partition coefficient (Wildman–Crippen LogP) is 2.21. The van der Waals surface area contributed by atoms with Crippen molar-refractivity contribution in [3.63, 3.8) is 0 Å². The summed E-state index contributed by atoms with van der Waals surface area (Å²) in [6, 6.07) is 8.98. The third-order valence-corrected chi connectivity index (χ3v) is 3.04. The fourth-order valence-corrected chi connectivity index (χ4v) is 1.85. The highest BCUT2D eigenvalue weighted by atomic mass is 16.5. The molecule has 5 heteroatoms. The van der Waals surface area contributed by atoms with Crippen molar-refractivity contribution >= 4 is 12.0 Å². The lowest BCUT2D eigenvalue weighted by molar-refractivity contribution is -0.130. The number of hydrogen-bond acceptors (Lipinski definition) is 3. The van der Waals surface area contributed by atoms with E-state index in [1.165, 1.54) is 4.90 Å². The number of carbonyl (C=O) groups is 2. The lowest BCUT2D eigenvalue weighted by Crippen LogP contribution is -2.47. The Hall–Kier alpha value is -2.04. The summed E-state index contributed by atoms with van der Waals surface area (Å²) in [6.45, 7) is 2.39. The maximum absolute atomic E-state index is 12.2. The number of amides is 2. The number of rotatable bonds is 7. The summed E-state index contributed by atoms with van der Waals surface area (Å²) in [7, 11) is 3.34. The van der Waals surface area contributed by atoms with E-state index in [0.717, 1.165) is 18.4 Å². The zero-order chi connectivity index (χ0) is 15.7. The second kappa shape index (κ2) is 9.00. The zero-order valence-corrected chi connectivity index (χ0v) is 13.0. The Morgan fingerprint density at radius 1 is 1.24 bits per heavy atom. The molecule has 0 aliphatic rings. The van der Waals surface area contributed by atoms with Crippen LogP contribution in [0, 0.1) is 0 Å². The van der Waals surface area contributed by atoms with Crippen molar-refractivity contribution in [1.29, 1.82) is 0 Å². The zero-order valence-electron chi connectivity index (χ0n) is 13.0. The largest absolute Gasteiger partial charge is 0.450 e. The second-order valence-electron chi connectivity index (χ2n) is 5.11. The number of nitrogens with one attached hydrogen (secondary N) is 1. The highest BCUT2D eigenvalue weighted by molar-refractivity contribution is 5.85. The average Bonchev–Trinajstić information content (AvgIpc) is 2.47. The van der Waals surface area contributed by atoms with Gasteiger partial charge in [-0.05, 0) is 12.0 Å². The van der Waals surface area contributed by atoms with E-state index in [2.05, 4.69) is 5.32 Å². The van der Waals surface area contributed by atoms with Gasteiger partial charge in [-0.2, -0.15) is 0 Å². The van der Waals surface area contributed by atoms with Crippen molar-refractivity contribution < 1.29 is 14.3 Å². The van der Waals surface area contributed by atoms with Crippen LogP contribution in [0.3, 0.4) is 0 Å². The normalized spacial score (nSPS) is 11.6. The lowest BCUT2D eigenvalue weighted by atomic mass is 10.1. The van der Waals surface area contributed by atoms with E-state index in [-0.39, 0.29) is 5.91 Å². The minimum Gasteiger partial charge on any atom is -0.450 e. The number of unbranched alkanes of at least 4 members (excludes halogenated alkanes) is 1. The van der Waals surface area contributed by atoms with Gasteiger partial charge in [0.05, 0.1) is 6.61 Å². The fraction of sp³-hybridized carbons (Fsp3) is 0.500. The molecule has 0 unspecified atom stereocenters. The molecule has 21 heavy (non-hydrogen) atoms. The van der Waals surface area contributed by atoms with Crippen LogP contribution in [0.5, 0.6) is 0 Å². The van der Waals surface area contributed by atoms with E-state index in [9.17, 15) is 9.59 Å². The molecule has 0 radical (unpaired) electrons. The van der Waals surface area contributed by atoms with Crippen LogP contribution in [-0.4, -0.2) is 43.6 Å². The van der Waals surface area contributed by atoms with Gasteiger partial charge in [-0.15, -0.1) is 0 Å². The second-order valence-corrected chi connectivity index (χ2v) is 5.11. The van der Waals surface area contributed by atoms with Crippen molar-refractivity contribution in [3.8, 4) is 0 Å². The van der Waals surface area contributed by atoms with Gasteiger partial charge in [0, 0.05) is 20.5 Å². The quantitative estimate of drug-likeness (QED) is 0.784. The van der Waals surface area contributed by atoms with Crippen LogP contribution in [0.2, 0.25) is 0 Å². The van der Waals surface area contributed by atoms with E-state index in [4.69, 9.17) is 4.74 Å². The van der Waals surface area contributed by atoms with Crippen molar-refractivity contribution in [2.45, 2.75) is 32.2 Å². The Bertz CT molecular complexity index is 446. The van der Waals surface area contributed by atoms with Crippen LogP contribution in [0.15, 0.2) is 30.3 Å². The van der Waals surface area contributed by atoms with Crippen molar-refractivity contribution in [3.05, 3.63) is 35.9 Å². The first kappa shape index (κ1) is 17.0. The number of alkyl carbamates (subject to hydrolysis) is 1. The lowest BCUT2D eigenvalue weighted by Gasteiger charge is -2.21. The molecule has 1 aromatic carbocycles. The van der Waals surface area contributed by atoms with E-state index < -0.39 is 12.1 Å². The monoisotopic (exact) mass is 292 g/mol. The van der Waals surface area contributed by atoms with Gasteiger partial charge in [-0.25, -0.2) is 4.79 Å². The molecule has 0 spiro atoms. The molecule has 0 saturated carbocycles. The molecule has 1 atom stereocenters. The van der Waals surface area contributed by atoms with Crippen LogP contribution < -0.4 is 5.32 Å². The Balaban J connectivity index is 2.65. The van der Waals surface area contributed by atoms with Crippen LogP contribution in [0.25, 0.3) is 0 Å². The Morgan fingerprint density at radius 3 is 2.48 bits per heavy atom. The number of carbonyl (C=O) groups excluding carboxylic acids is 2. The van der Waals surface area contributed by atoms with E-state index in [1.807, 2.05) is 37.3 Å². The highest BCUT2D eigenvalue weighted by Crippen LogP contribution is 2.05. The first-order chi connectivity index (χ1) is 10.0. The minimum atomic E-state index is -0.614. The van der Waals surface area contributed by atoms with Gasteiger partial charge in [-0.3, -0.25) is 4.79 Å². The molecule has 1 N–H and O–H groups in total. The Kier molecular flexibility index (Phi) is 7.29. The summed E-state index contributed by atoms with van der Waals surface area (Å²) >= 11 is 0. The SMILES string of the molecule is CCCCOC(=O)N[C@@H](Cc1ccccc1)C(=O)N(C)C. The number of nitrogens with zero attached hydrogens (tertiary/aromatic N) is 1. The summed E-state index contributed by atoms with van der Waals surface area (Å²) in [6.07, 6.45) is 1.68. The molecule has 1 rings (SSSR count). The van der Waals surface area contributed by atoms with Gasteiger partial charge in [0.25, 0.3) is 0 Å². The predicted molar refractivity (Wildman–Crippen MR) is 82.0 cm³/mol. The number of likely N-dealkylation sites (N-methyl/N-ethyl adjacent to an activating group) is 1. The maximum Gasteiger partial charge on any atom is 0.407 e. The van der Waals surface area contributed by atoms with E-state index in [0.29, 0.717) is 13.0 Å². The molecule has 0 aliphatic heterocycles. The Labute approximate surface area is 126 Å². The minimum absolute atomic E-state index is 0.147. The molecular formula is C16H24N2O3. The Morgan fingerprint density at radius 2 is 1.90 bits per heavy atom. The first-order valence-corrected chi connectivity index (χ1v) is 7.23. The van der Waals surface area contributed by atoms with Crippen molar-refractivity contribution in [1.82, 2.24) is 10.2 Å². The van der Waals surface area contributed by atoms with Crippen molar-refractivity contribution in [2.24, 2.45) is 0 Å². The van der Waals surface area contributed by atoms with Crippen LogP contribution in [-0.2, 0) is 16.0 Å². The van der Waals surface area contributed by atoms with Crippen molar-refractivity contribution in [2.75, 3.05) is 20.7 Å². The van der Waals surface area contributed by atoms with Crippen LogP contribution >= 0.6 is 0 Å². The topological polar surface area (TPSA) is 58.6 Å². The molecule has 0 bridgehead atoms. The van der Waals surface area contributed by atoms with Crippen LogP contribution in [0.1, 0.15) is 25.3 Å². The van der Waals surface area contributed by atoms with Gasteiger partial charge < -0.3 is 15.0 Å². The van der Waals surface area contributed by atoms with Gasteiger partial charge in [0.1, 0.15) is 6.04 Å². The number of hydrogen-bond donors (Lipinski definition) is 1. The van der Waals surface area contributed by atoms with E-state index in [1.54, 1.807) is 14.1 Å². The maximum atomic E-state index is 12.2. The average molecular weight is 292 g/mol. The van der Waals surface area contributed by atoms with Gasteiger partial charge in [-0.1, -0.05) is 43.7 Å². The molecule has 0 saturated heterocycles. The standard InChI is InChI=1S/C16H24N2O3/c1-4-5-11-21-16(20)17-14(15(19)18(2)3)12-13-9-7-6-8-10-13/h6-10,14H,4-5,11-12H2,1-3H3,(H,17,20)/t14-/m0/s1. The van der Waals surface area contributed by atoms with Gasteiger partial charge in [0.2, 0.25) is 5.91 Å². The molecule has 0 fully saturated rings. The molecule has 5 nitrogen and oxygen atoms in total.